The van der Waals surface area contributed by atoms with Gasteiger partial charge in [-0.3, -0.25) is 0 Å². The van der Waals surface area contributed by atoms with Gasteiger partial charge >= 0.3 is 5.97 Å². The number of fused-ring (bicyclic) bond motifs is 1. The maximum Gasteiger partial charge on any atom is 0.339 e. The van der Waals surface area contributed by atoms with Crippen LogP contribution >= 0.6 is 11.3 Å². The number of carbonyl (C=O) groups excluding carboxylic acids is 1. The summed E-state index contributed by atoms with van der Waals surface area (Å²) in [6, 6.07) is 9.79. The summed E-state index contributed by atoms with van der Waals surface area (Å²) in [5.41, 5.74) is 3.80. The number of aliphatic hydroxyl groups excluding tert-OH is 1. The van der Waals surface area contributed by atoms with Gasteiger partial charge in [0.1, 0.15) is 6.61 Å². The average Bonchev–Trinajstić information content (AvgIpc) is 3.16. The van der Waals surface area contributed by atoms with Gasteiger partial charge in [-0.1, -0.05) is 41.2 Å². The van der Waals surface area contributed by atoms with E-state index in [1.54, 1.807) is 6.07 Å². The lowest BCUT2D eigenvalue weighted by Crippen LogP contribution is -2.29. The number of ether oxygens (including phenoxy) is 1. The predicted octanol–water partition coefficient (Wildman–Crippen LogP) is 3.81. The highest BCUT2D eigenvalue weighted by Gasteiger charge is 2.22. The molecule has 1 N–H and O–H groups in total. The molecule has 0 amide bonds. The van der Waals surface area contributed by atoms with Crippen LogP contribution in [0.25, 0.3) is 21.6 Å². The number of nitrogens with zero attached hydrogens (tertiary/aromatic N) is 3. The number of aryl methyl sites for hydroxylation is 1. The van der Waals surface area contributed by atoms with Crippen LogP contribution in [0.2, 0.25) is 0 Å². The van der Waals surface area contributed by atoms with Crippen molar-refractivity contribution in [1.82, 2.24) is 9.97 Å². The first-order chi connectivity index (χ1) is 13.7. The average molecular weight is 398 g/mol. The molecule has 0 bridgehead atoms. The van der Waals surface area contributed by atoms with Gasteiger partial charge in [0.15, 0.2) is 10.8 Å². The van der Waals surface area contributed by atoms with Gasteiger partial charge < -0.3 is 14.7 Å². The number of esters is 1. The van der Waals surface area contributed by atoms with Crippen LogP contribution < -0.4 is 4.90 Å². The van der Waals surface area contributed by atoms with E-state index in [9.17, 15) is 4.79 Å². The van der Waals surface area contributed by atoms with Crippen LogP contribution in [0.4, 0.5) is 5.13 Å². The molecule has 6 nitrogen and oxygen atoms in total. The Hall–Kier alpha value is -2.51. The minimum atomic E-state index is -0.455. The van der Waals surface area contributed by atoms with E-state index in [2.05, 4.69) is 4.90 Å². The number of piperidine rings is 1. The number of thiazole rings is 1. The summed E-state index contributed by atoms with van der Waals surface area (Å²) in [6.45, 7) is 3.76. The molecule has 2 aromatic heterocycles. The van der Waals surface area contributed by atoms with Gasteiger partial charge in [0, 0.05) is 18.7 Å². The first kappa shape index (κ1) is 18.8. The second-order valence-corrected chi connectivity index (χ2v) is 7.96. The Labute approximate surface area is 167 Å². The minimum Gasteiger partial charge on any atom is -0.460 e. The monoisotopic (exact) mass is 397 g/mol. The normalized spacial score (nSPS) is 14.4. The van der Waals surface area contributed by atoms with E-state index in [4.69, 9.17) is 19.8 Å². The fourth-order valence-corrected chi connectivity index (χ4v) is 4.42. The fourth-order valence-electron chi connectivity index (χ4n) is 3.36. The quantitative estimate of drug-likeness (QED) is 0.660. The third-order valence-corrected chi connectivity index (χ3v) is 6.01. The van der Waals surface area contributed by atoms with Gasteiger partial charge in [-0.15, -0.1) is 0 Å². The highest BCUT2D eigenvalue weighted by Crippen LogP contribution is 2.34. The molecule has 0 aliphatic carbocycles. The number of carbonyl (C=O) groups is 1. The number of benzene rings is 1. The Kier molecular flexibility index (Phi) is 5.54. The predicted molar refractivity (Wildman–Crippen MR) is 111 cm³/mol. The molecule has 7 heteroatoms. The molecule has 28 heavy (non-hydrogen) atoms. The van der Waals surface area contributed by atoms with Crippen LogP contribution in [-0.2, 0) is 4.74 Å². The zero-order valence-corrected chi connectivity index (χ0v) is 16.7. The van der Waals surface area contributed by atoms with Gasteiger partial charge in [0.05, 0.1) is 22.6 Å². The standard InChI is InChI=1S/C21H23N3O3S/c1-14-5-7-15(8-6-14)17-13-16(20(26)27-12-11-25)18-19(22-17)23-21(28-18)24-9-3-2-4-10-24/h5-8,13,25H,2-4,9-12H2,1H3. The summed E-state index contributed by atoms with van der Waals surface area (Å²) < 4.78 is 5.93. The molecule has 3 aromatic rings. The molecular weight excluding hydrogens is 374 g/mol. The molecule has 146 valence electrons. The first-order valence-electron chi connectivity index (χ1n) is 9.57. The second kappa shape index (κ2) is 8.24. The SMILES string of the molecule is Cc1ccc(-c2cc(C(=O)OCCO)c3sc(N4CCCCC4)nc3n2)cc1. The lowest BCUT2D eigenvalue weighted by molar-refractivity contribution is 0.0436. The molecule has 0 spiro atoms. The van der Waals surface area contributed by atoms with Gasteiger partial charge in [0.2, 0.25) is 0 Å². The third-order valence-electron chi connectivity index (χ3n) is 4.87. The van der Waals surface area contributed by atoms with E-state index in [0.717, 1.165) is 46.9 Å². The third kappa shape index (κ3) is 3.86. The number of aromatic nitrogens is 2. The summed E-state index contributed by atoms with van der Waals surface area (Å²) in [5, 5.41) is 9.90. The van der Waals surface area contributed by atoms with Gasteiger partial charge in [-0.05, 0) is 32.3 Å². The van der Waals surface area contributed by atoms with Crippen LogP contribution in [0.1, 0.15) is 35.2 Å². The van der Waals surface area contributed by atoms with E-state index in [1.807, 2.05) is 31.2 Å². The molecule has 1 aromatic carbocycles. The van der Waals surface area contributed by atoms with Crippen molar-refractivity contribution in [2.75, 3.05) is 31.2 Å². The molecule has 0 atom stereocenters. The van der Waals surface area contributed by atoms with Crippen molar-refractivity contribution in [2.24, 2.45) is 0 Å². The Morgan fingerprint density at radius 1 is 1.18 bits per heavy atom. The highest BCUT2D eigenvalue weighted by molar-refractivity contribution is 7.22. The van der Waals surface area contributed by atoms with Gasteiger partial charge in [-0.25, -0.2) is 9.78 Å². The summed E-state index contributed by atoms with van der Waals surface area (Å²) in [4.78, 5) is 24.4. The van der Waals surface area contributed by atoms with Gasteiger partial charge in [-0.2, -0.15) is 4.98 Å². The van der Waals surface area contributed by atoms with Crippen molar-refractivity contribution in [1.29, 1.82) is 0 Å². The first-order valence-corrected chi connectivity index (χ1v) is 10.4. The van der Waals surface area contributed by atoms with E-state index in [1.165, 1.54) is 17.8 Å². The number of rotatable bonds is 5. The number of anilines is 1. The largest absolute Gasteiger partial charge is 0.460 e. The van der Waals surface area contributed by atoms with Crippen LogP contribution in [0.5, 0.6) is 0 Å². The zero-order valence-electron chi connectivity index (χ0n) is 15.9. The van der Waals surface area contributed by atoms with Crippen molar-refractivity contribution in [3.05, 3.63) is 41.5 Å². The number of aliphatic hydroxyl groups is 1. The van der Waals surface area contributed by atoms with Crippen LogP contribution in [0.3, 0.4) is 0 Å². The lowest BCUT2D eigenvalue weighted by atomic mass is 10.1. The molecular formula is C21H23N3O3S. The second-order valence-electron chi connectivity index (χ2n) is 6.98. The Morgan fingerprint density at radius 2 is 1.93 bits per heavy atom. The highest BCUT2D eigenvalue weighted by atomic mass is 32.1. The van der Waals surface area contributed by atoms with Crippen molar-refractivity contribution in [2.45, 2.75) is 26.2 Å². The molecule has 1 aliphatic rings. The molecule has 3 heterocycles. The fraction of sp³-hybridized carbons (Fsp3) is 0.381. The molecule has 4 rings (SSSR count). The van der Waals surface area contributed by atoms with Crippen molar-refractivity contribution in [3.8, 4) is 11.3 Å². The molecule has 1 fully saturated rings. The van der Waals surface area contributed by atoms with Crippen molar-refractivity contribution >= 4 is 32.8 Å². The summed E-state index contributed by atoms with van der Waals surface area (Å²) in [5.74, 6) is -0.455. The van der Waals surface area contributed by atoms with Crippen LogP contribution in [0.15, 0.2) is 30.3 Å². The van der Waals surface area contributed by atoms with E-state index < -0.39 is 5.97 Å². The Balaban J connectivity index is 1.80. The molecule has 0 saturated carbocycles. The zero-order chi connectivity index (χ0) is 19.5. The minimum absolute atomic E-state index is 0.0275. The van der Waals surface area contributed by atoms with E-state index in [0.29, 0.717) is 16.9 Å². The molecule has 0 unspecified atom stereocenters. The van der Waals surface area contributed by atoms with Crippen LogP contribution in [0, 0.1) is 6.92 Å². The van der Waals surface area contributed by atoms with Gasteiger partial charge in [0.25, 0.3) is 0 Å². The maximum atomic E-state index is 12.6. The Morgan fingerprint density at radius 3 is 2.64 bits per heavy atom. The lowest BCUT2D eigenvalue weighted by Gasteiger charge is -2.25. The van der Waals surface area contributed by atoms with Crippen molar-refractivity contribution < 1.29 is 14.6 Å². The Bertz CT molecular complexity index is 978. The summed E-state index contributed by atoms with van der Waals surface area (Å²) in [6.07, 6.45) is 3.56. The van der Waals surface area contributed by atoms with Crippen LogP contribution in [-0.4, -0.2) is 47.3 Å². The number of pyridine rings is 1. The molecule has 1 saturated heterocycles. The molecule has 1 aliphatic heterocycles. The molecule has 0 radical (unpaired) electrons. The van der Waals surface area contributed by atoms with E-state index >= 15 is 0 Å². The number of hydrogen-bond donors (Lipinski definition) is 1. The smallest absolute Gasteiger partial charge is 0.339 e. The number of hydrogen-bond acceptors (Lipinski definition) is 7. The maximum absolute atomic E-state index is 12.6. The van der Waals surface area contributed by atoms with E-state index in [-0.39, 0.29) is 13.2 Å². The summed E-state index contributed by atoms with van der Waals surface area (Å²) >= 11 is 1.49. The summed E-state index contributed by atoms with van der Waals surface area (Å²) in [7, 11) is 0. The topological polar surface area (TPSA) is 75.6 Å². The van der Waals surface area contributed by atoms with Crippen molar-refractivity contribution in [3.63, 3.8) is 0 Å².